The van der Waals surface area contributed by atoms with E-state index >= 15 is 0 Å². The highest BCUT2D eigenvalue weighted by molar-refractivity contribution is 5.75. The molecule has 3 atom stereocenters. The molecule has 0 aromatic rings. The third kappa shape index (κ3) is 6.00. The van der Waals surface area contributed by atoms with Gasteiger partial charge in [0.1, 0.15) is 0 Å². The van der Waals surface area contributed by atoms with Gasteiger partial charge in [0.15, 0.2) is 0 Å². The van der Waals surface area contributed by atoms with Crippen molar-refractivity contribution in [1.29, 1.82) is 0 Å². The molecule has 2 saturated carbocycles. The number of hydrogen-bond donors (Lipinski definition) is 1. The second kappa shape index (κ2) is 11.2. The van der Waals surface area contributed by atoms with Gasteiger partial charge in [-0.25, -0.2) is 0 Å². The molecule has 0 aromatic heterocycles. The fourth-order valence-electron chi connectivity index (χ4n) is 5.76. The Morgan fingerprint density at radius 3 is 2.04 bits per heavy atom. The van der Waals surface area contributed by atoms with Crippen molar-refractivity contribution in [3.63, 3.8) is 0 Å². The average molecular weight is 351 g/mol. The Morgan fingerprint density at radius 1 is 0.840 bits per heavy atom. The topological polar surface area (TPSA) is 37.3 Å². The van der Waals surface area contributed by atoms with Gasteiger partial charge < -0.3 is 5.11 Å². The molecule has 0 heterocycles. The van der Waals surface area contributed by atoms with Crippen LogP contribution in [0.4, 0.5) is 0 Å². The number of unbranched alkanes of at least 4 members (excludes halogenated alkanes) is 9. The Kier molecular flexibility index (Phi) is 9.34. The Hall–Kier alpha value is -0.530. The molecule has 2 aliphatic rings. The summed E-state index contributed by atoms with van der Waals surface area (Å²) >= 11 is 0. The number of carboxylic acids is 1. The van der Waals surface area contributed by atoms with Crippen LogP contribution in [0.2, 0.25) is 0 Å². The third-order valence-electron chi connectivity index (χ3n) is 7.22. The van der Waals surface area contributed by atoms with Crippen LogP contribution in [0.25, 0.3) is 0 Å². The van der Waals surface area contributed by atoms with E-state index in [1.807, 2.05) is 0 Å². The molecule has 146 valence electrons. The lowest BCUT2D eigenvalue weighted by Crippen LogP contribution is -2.46. The monoisotopic (exact) mass is 350 g/mol. The van der Waals surface area contributed by atoms with Gasteiger partial charge in [-0.05, 0) is 31.1 Å². The summed E-state index contributed by atoms with van der Waals surface area (Å²) in [4.78, 5) is 12.2. The lowest BCUT2D eigenvalue weighted by molar-refractivity contribution is -0.160. The van der Waals surface area contributed by atoms with Crippen LogP contribution in [-0.2, 0) is 4.79 Å². The molecule has 2 nitrogen and oxygen atoms in total. The molecule has 0 spiro atoms. The van der Waals surface area contributed by atoms with E-state index in [1.165, 1.54) is 89.9 Å². The molecule has 25 heavy (non-hydrogen) atoms. The molecule has 0 saturated heterocycles. The maximum atomic E-state index is 12.2. The molecule has 0 amide bonds. The number of hydrogen-bond acceptors (Lipinski definition) is 1. The van der Waals surface area contributed by atoms with E-state index in [1.54, 1.807) is 0 Å². The fraction of sp³-hybridized carbons (Fsp3) is 0.957. The molecule has 2 aliphatic carbocycles. The van der Waals surface area contributed by atoms with Gasteiger partial charge in [-0.15, -0.1) is 0 Å². The summed E-state index contributed by atoms with van der Waals surface area (Å²) in [5.41, 5.74) is -0.372. The van der Waals surface area contributed by atoms with Crippen LogP contribution >= 0.6 is 0 Å². The van der Waals surface area contributed by atoms with Crippen molar-refractivity contribution >= 4 is 5.97 Å². The fourth-order valence-corrected chi connectivity index (χ4v) is 5.76. The molecule has 2 heteroatoms. The van der Waals surface area contributed by atoms with E-state index in [0.29, 0.717) is 11.8 Å². The molecule has 0 aliphatic heterocycles. The van der Waals surface area contributed by atoms with E-state index in [2.05, 4.69) is 6.92 Å². The molecule has 1 N–H and O–H groups in total. The van der Waals surface area contributed by atoms with Crippen molar-refractivity contribution in [1.82, 2.24) is 0 Å². The van der Waals surface area contributed by atoms with Crippen molar-refractivity contribution in [3.8, 4) is 0 Å². The van der Waals surface area contributed by atoms with E-state index in [9.17, 15) is 9.90 Å². The van der Waals surface area contributed by atoms with E-state index in [4.69, 9.17) is 0 Å². The molecule has 0 aromatic carbocycles. The van der Waals surface area contributed by atoms with Gasteiger partial charge in [-0.2, -0.15) is 0 Å². The van der Waals surface area contributed by atoms with Crippen LogP contribution in [0.1, 0.15) is 122 Å². The Bertz CT molecular complexity index is 376. The molecule has 0 radical (unpaired) electrons. The summed E-state index contributed by atoms with van der Waals surface area (Å²) < 4.78 is 0. The summed E-state index contributed by atoms with van der Waals surface area (Å²) in [7, 11) is 0. The van der Waals surface area contributed by atoms with Gasteiger partial charge >= 0.3 is 5.97 Å². The summed E-state index contributed by atoms with van der Waals surface area (Å²) in [5, 5.41) is 10.1. The van der Waals surface area contributed by atoms with Crippen molar-refractivity contribution in [2.75, 3.05) is 0 Å². The van der Waals surface area contributed by atoms with Gasteiger partial charge in [-0.1, -0.05) is 103 Å². The van der Waals surface area contributed by atoms with E-state index in [0.717, 1.165) is 25.7 Å². The minimum atomic E-state index is -0.472. The standard InChI is InChI=1S/C23H42O2/c1-2-3-4-5-6-7-8-9-10-13-18-23(22(24)25)19-14-16-20-15-11-12-17-21(20)23/h20-21H,2-19H2,1H3,(H,24,25). The summed E-state index contributed by atoms with van der Waals surface area (Å²) in [5.74, 6) is 0.716. The van der Waals surface area contributed by atoms with Crippen LogP contribution in [-0.4, -0.2) is 11.1 Å². The minimum absolute atomic E-state index is 0.372. The van der Waals surface area contributed by atoms with Crippen molar-refractivity contribution in [3.05, 3.63) is 0 Å². The van der Waals surface area contributed by atoms with Crippen LogP contribution in [0.5, 0.6) is 0 Å². The van der Waals surface area contributed by atoms with Crippen molar-refractivity contribution < 1.29 is 9.90 Å². The zero-order valence-corrected chi connectivity index (χ0v) is 16.7. The third-order valence-corrected chi connectivity index (χ3v) is 7.22. The maximum absolute atomic E-state index is 12.2. The Morgan fingerprint density at radius 2 is 1.40 bits per heavy atom. The van der Waals surface area contributed by atoms with E-state index in [-0.39, 0.29) is 5.41 Å². The number of fused-ring (bicyclic) bond motifs is 1. The molecule has 3 unspecified atom stereocenters. The maximum Gasteiger partial charge on any atom is 0.309 e. The van der Waals surface area contributed by atoms with Crippen LogP contribution < -0.4 is 0 Å². The number of carboxylic acid groups (broad SMARTS) is 1. The van der Waals surface area contributed by atoms with Gasteiger partial charge in [0, 0.05) is 0 Å². The van der Waals surface area contributed by atoms with E-state index < -0.39 is 5.97 Å². The molecular weight excluding hydrogens is 308 g/mol. The largest absolute Gasteiger partial charge is 0.481 e. The predicted molar refractivity (Wildman–Crippen MR) is 106 cm³/mol. The lowest BCUT2D eigenvalue weighted by atomic mass is 9.55. The SMILES string of the molecule is CCCCCCCCCCCCC1(C(=O)O)CCCC2CCCCC21. The first-order valence-electron chi connectivity index (χ1n) is 11.4. The second-order valence-corrected chi connectivity index (χ2v) is 8.94. The van der Waals surface area contributed by atoms with Crippen LogP contribution in [0.3, 0.4) is 0 Å². The predicted octanol–water partition coefficient (Wildman–Crippen LogP) is 7.36. The van der Waals surface area contributed by atoms with Crippen molar-refractivity contribution in [2.45, 2.75) is 122 Å². The van der Waals surface area contributed by atoms with Gasteiger partial charge in [0.25, 0.3) is 0 Å². The molecule has 0 bridgehead atoms. The average Bonchev–Trinajstić information content (AvgIpc) is 2.63. The first kappa shape index (κ1) is 20.8. The second-order valence-electron chi connectivity index (χ2n) is 8.94. The van der Waals surface area contributed by atoms with Gasteiger partial charge in [-0.3, -0.25) is 4.79 Å². The highest BCUT2D eigenvalue weighted by Crippen LogP contribution is 2.53. The lowest BCUT2D eigenvalue weighted by Gasteiger charge is -2.48. The number of aliphatic carboxylic acids is 1. The zero-order valence-electron chi connectivity index (χ0n) is 16.7. The zero-order chi connectivity index (χ0) is 18.0. The normalized spacial score (nSPS) is 29.3. The molecular formula is C23H42O2. The van der Waals surface area contributed by atoms with Crippen molar-refractivity contribution in [2.24, 2.45) is 17.3 Å². The van der Waals surface area contributed by atoms with Crippen LogP contribution in [0, 0.1) is 17.3 Å². The van der Waals surface area contributed by atoms with Gasteiger partial charge in [0.05, 0.1) is 5.41 Å². The quantitative estimate of drug-likeness (QED) is 0.373. The van der Waals surface area contributed by atoms with Gasteiger partial charge in [0.2, 0.25) is 0 Å². The van der Waals surface area contributed by atoms with Crippen LogP contribution in [0.15, 0.2) is 0 Å². The smallest absolute Gasteiger partial charge is 0.309 e. The Labute approximate surface area is 156 Å². The summed E-state index contributed by atoms with van der Waals surface area (Å²) in [6.45, 7) is 2.27. The molecule has 2 rings (SSSR count). The molecule has 2 fully saturated rings. The Balaban J connectivity index is 1.67. The minimum Gasteiger partial charge on any atom is -0.481 e. The number of rotatable bonds is 12. The highest BCUT2D eigenvalue weighted by Gasteiger charge is 2.50. The number of carbonyl (C=O) groups is 1. The first-order chi connectivity index (χ1) is 12.2. The first-order valence-corrected chi connectivity index (χ1v) is 11.4. The summed E-state index contributed by atoms with van der Waals surface area (Å²) in [6, 6.07) is 0. The highest BCUT2D eigenvalue weighted by atomic mass is 16.4. The summed E-state index contributed by atoms with van der Waals surface area (Å²) in [6.07, 6.45) is 22.7.